The number of hydrogen-bond donors (Lipinski definition) is 0. The van der Waals surface area contributed by atoms with E-state index in [0.717, 1.165) is 11.1 Å². The molecular weight excluding hydrogens is 437 g/mol. The molecule has 0 radical (unpaired) electrons. The largest absolute Gasteiger partial charge is 0.269 e. The minimum absolute atomic E-state index is 0.129. The van der Waals surface area contributed by atoms with Gasteiger partial charge in [0.25, 0.3) is 11.8 Å². The van der Waals surface area contributed by atoms with Gasteiger partial charge in [-0.25, -0.2) is 0 Å². The lowest BCUT2D eigenvalue weighted by Gasteiger charge is -2.16. The topological polar surface area (TPSA) is 37.4 Å². The number of halogens is 2. The first kappa shape index (κ1) is 20.7. The summed E-state index contributed by atoms with van der Waals surface area (Å²) < 4.78 is 0. The Morgan fingerprint density at radius 3 is 2.13 bits per heavy atom. The number of thioether (sulfide) groups is 1. The van der Waals surface area contributed by atoms with E-state index in [1.165, 1.54) is 16.7 Å². The van der Waals surface area contributed by atoms with E-state index in [9.17, 15) is 9.59 Å². The van der Waals surface area contributed by atoms with Gasteiger partial charge in [-0.1, -0.05) is 83.9 Å². The zero-order valence-corrected chi connectivity index (χ0v) is 18.2. The van der Waals surface area contributed by atoms with Crippen LogP contribution in [0.2, 0.25) is 10.0 Å². The van der Waals surface area contributed by atoms with E-state index in [0.29, 0.717) is 31.8 Å². The lowest BCUT2D eigenvalue weighted by molar-refractivity contribution is -0.137. The van der Waals surface area contributed by atoms with Crippen molar-refractivity contribution in [3.8, 4) is 0 Å². The molecule has 0 aromatic heterocycles. The fourth-order valence-corrected chi connectivity index (χ4v) is 4.64. The summed E-state index contributed by atoms with van der Waals surface area (Å²) in [5, 5.41) is 1.10. The SMILES string of the molecule is O=C1C(SCc2ccccc2)=C(c2ccc(Cl)cc2)C(=O)N1Cc1ccccc1Cl. The van der Waals surface area contributed by atoms with Gasteiger partial charge in [-0.3, -0.25) is 14.5 Å². The predicted molar refractivity (Wildman–Crippen MR) is 123 cm³/mol. The number of amides is 2. The van der Waals surface area contributed by atoms with Gasteiger partial charge in [0.2, 0.25) is 0 Å². The molecule has 0 N–H and O–H groups in total. The molecule has 6 heteroatoms. The molecule has 4 rings (SSSR count). The van der Waals surface area contributed by atoms with Gasteiger partial charge in [0, 0.05) is 15.8 Å². The standard InChI is InChI=1S/C24H17Cl2NO2S/c25-19-12-10-17(11-13-19)21-22(30-15-16-6-2-1-3-7-16)24(29)27(23(21)28)14-18-8-4-5-9-20(18)26/h1-13H,14-15H2. The van der Waals surface area contributed by atoms with E-state index < -0.39 is 0 Å². The Balaban J connectivity index is 1.68. The van der Waals surface area contributed by atoms with Gasteiger partial charge in [0.15, 0.2) is 0 Å². The third-order valence-corrected chi connectivity index (χ3v) is 6.54. The smallest absolute Gasteiger partial charge is 0.268 e. The first-order valence-corrected chi connectivity index (χ1v) is 11.1. The van der Waals surface area contributed by atoms with Crippen LogP contribution in [0, 0.1) is 0 Å². The minimum Gasteiger partial charge on any atom is -0.269 e. The third kappa shape index (κ3) is 4.31. The Labute approximate surface area is 189 Å². The van der Waals surface area contributed by atoms with Crippen molar-refractivity contribution in [2.45, 2.75) is 12.3 Å². The van der Waals surface area contributed by atoms with Crippen molar-refractivity contribution >= 4 is 52.4 Å². The van der Waals surface area contributed by atoms with Crippen molar-refractivity contribution in [3.05, 3.63) is 111 Å². The van der Waals surface area contributed by atoms with Crippen LogP contribution in [0.5, 0.6) is 0 Å². The van der Waals surface area contributed by atoms with Crippen molar-refractivity contribution < 1.29 is 9.59 Å². The Morgan fingerprint density at radius 2 is 1.43 bits per heavy atom. The maximum Gasteiger partial charge on any atom is 0.268 e. The second kappa shape index (κ2) is 9.09. The first-order valence-electron chi connectivity index (χ1n) is 9.31. The van der Waals surface area contributed by atoms with Crippen LogP contribution in [0.3, 0.4) is 0 Å². The number of rotatable bonds is 6. The Morgan fingerprint density at radius 1 is 0.767 bits per heavy atom. The summed E-state index contributed by atoms with van der Waals surface area (Å²) in [6, 6.07) is 24.1. The van der Waals surface area contributed by atoms with Gasteiger partial charge in [0.1, 0.15) is 0 Å². The van der Waals surface area contributed by atoms with Crippen LogP contribution < -0.4 is 0 Å². The minimum atomic E-state index is -0.321. The highest BCUT2D eigenvalue weighted by molar-refractivity contribution is 8.03. The quantitative estimate of drug-likeness (QED) is 0.416. The third-order valence-electron chi connectivity index (χ3n) is 4.77. The first-order chi connectivity index (χ1) is 14.5. The molecule has 1 aliphatic heterocycles. The number of benzene rings is 3. The van der Waals surface area contributed by atoms with Crippen molar-refractivity contribution in [1.29, 1.82) is 0 Å². The number of nitrogens with zero attached hydrogens (tertiary/aromatic N) is 1. The van der Waals surface area contributed by atoms with Gasteiger partial charge in [-0.2, -0.15) is 0 Å². The van der Waals surface area contributed by atoms with Gasteiger partial charge in [-0.05, 0) is 34.9 Å². The molecule has 2 amide bonds. The van der Waals surface area contributed by atoms with E-state index >= 15 is 0 Å². The molecule has 30 heavy (non-hydrogen) atoms. The Bertz CT molecular complexity index is 1130. The molecule has 0 fully saturated rings. The molecule has 0 spiro atoms. The summed E-state index contributed by atoms with van der Waals surface area (Å²) in [6.07, 6.45) is 0. The summed E-state index contributed by atoms with van der Waals surface area (Å²) in [6.45, 7) is 0.129. The van der Waals surface area contributed by atoms with Gasteiger partial charge >= 0.3 is 0 Å². The fourth-order valence-electron chi connectivity index (χ4n) is 3.23. The molecule has 0 atom stereocenters. The van der Waals surface area contributed by atoms with Gasteiger partial charge < -0.3 is 0 Å². The van der Waals surface area contributed by atoms with E-state index in [1.807, 2.05) is 48.5 Å². The number of hydrogen-bond acceptors (Lipinski definition) is 3. The molecule has 1 heterocycles. The van der Waals surface area contributed by atoms with Crippen LogP contribution in [-0.4, -0.2) is 16.7 Å². The average molecular weight is 454 g/mol. The molecule has 1 aliphatic rings. The van der Waals surface area contributed by atoms with Gasteiger partial charge in [0.05, 0.1) is 17.0 Å². The highest BCUT2D eigenvalue weighted by Gasteiger charge is 2.39. The molecule has 0 saturated heterocycles. The van der Waals surface area contributed by atoms with Crippen LogP contribution in [-0.2, 0) is 21.9 Å². The van der Waals surface area contributed by atoms with Crippen LogP contribution in [0.25, 0.3) is 5.57 Å². The second-order valence-corrected chi connectivity index (χ2v) is 8.60. The van der Waals surface area contributed by atoms with E-state index in [2.05, 4.69) is 0 Å². The molecule has 3 nitrogen and oxygen atoms in total. The molecule has 150 valence electrons. The summed E-state index contributed by atoms with van der Waals surface area (Å²) >= 11 is 13.7. The molecular formula is C24H17Cl2NO2S. The molecule has 0 saturated carbocycles. The van der Waals surface area contributed by atoms with Gasteiger partial charge in [-0.15, -0.1) is 11.8 Å². The summed E-state index contributed by atoms with van der Waals surface area (Å²) in [5.74, 6) is -0.0322. The normalized spacial score (nSPS) is 14.0. The fraction of sp³-hybridized carbons (Fsp3) is 0.0833. The zero-order valence-electron chi connectivity index (χ0n) is 15.8. The predicted octanol–water partition coefficient (Wildman–Crippen LogP) is 6.21. The second-order valence-electron chi connectivity index (χ2n) is 6.77. The molecule has 0 unspecified atom stereocenters. The van der Waals surface area contributed by atoms with Crippen molar-refractivity contribution in [2.75, 3.05) is 0 Å². The number of imide groups is 1. The highest BCUT2D eigenvalue weighted by atomic mass is 35.5. The maximum atomic E-state index is 13.3. The Hall–Kier alpha value is -2.53. The lowest BCUT2D eigenvalue weighted by atomic mass is 10.1. The summed E-state index contributed by atoms with van der Waals surface area (Å²) in [4.78, 5) is 28.3. The van der Waals surface area contributed by atoms with E-state index in [1.54, 1.807) is 30.3 Å². The maximum absolute atomic E-state index is 13.3. The highest BCUT2D eigenvalue weighted by Crippen LogP contribution is 2.38. The van der Waals surface area contributed by atoms with Crippen molar-refractivity contribution in [3.63, 3.8) is 0 Å². The molecule has 0 bridgehead atoms. The Kier molecular flexibility index (Phi) is 6.28. The number of carbonyl (C=O) groups excluding carboxylic acids is 2. The number of carbonyl (C=O) groups is 2. The average Bonchev–Trinajstić information content (AvgIpc) is 2.99. The summed E-state index contributed by atoms with van der Waals surface area (Å²) in [5.41, 5.74) is 2.89. The van der Waals surface area contributed by atoms with E-state index in [4.69, 9.17) is 23.2 Å². The molecule has 3 aromatic rings. The van der Waals surface area contributed by atoms with Crippen molar-refractivity contribution in [1.82, 2.24) is 4.90 Å². The van der Waals surface area contributed by atoms with Crippen LogP contribution in [0.1, 0.15) is 16.7 Å². The monoisotopic (exact) mass is 453 g/mol. The zero-order chi connectivity index (χ0) is 21.1. The van der Waals surface area contributed by atoms with Crippen LogP contribution in [0.4, 0.5) is 0 Å². The lowest BCUT2D eigenvalue weighted by Crippen LogP contribution is -2.31. The van der Waals surface area contributed by atoms with Crippen LogP contribution in [0.15, 0.2) is 83.8 Å². The van der Waals surface area contributed by atoms with Crippen LogP contribution >= 0.6 is 35.0 Å². The summed E-state index contributed by atoms with van der Waals surface area (Å²) in [7, 11) is 0. The molecule has 0 aliphatic carbocycles. The van der Waals surface area contributed by atoms with E-state index in [-0.39, 0.29) is 18.4 Å². The van der Waals surface area contributed by atoms with Crippen molar-refractivity contribution in [2.24, 2.45) is 0 Å². The molecule has 3 aromatic carbocycles.